The van der Waals surface area contributed by atoms with Gasteiger partial charge in [-0.3, -0.25) is 0 Å². The molecule has 2 aromatic carbocycles. The summed E-state index contributed by atoms with van der Waals surface area (Å²) in [5, 5.41) is 9.16. The highest BCUT2D eigenvalue weighted by atomic mass is 32.2. The highest BCUT2D eigenvalue weighted by Gasteiger charge is 2.20. The van der Waals surface area contributed by atoms with Gasteiger partial charge in [-0.1, -0.05) is 42.3 Å². The maximum atomic E-state index is 9.16. The van der Waals surface area contributed by atoms with E-state index < -0.39 is 0 Å². The van der Waals surface area contributed by atoms with E-state index in [-0.39, 0.29) is 0 Å². The van der Waals surface area contributed by atoms with Crippen LogP contribution in [0.1, 0.15) is 11.4 Å². The topological polar surface area (TPSA) is 59.3 Å². The van der Waals surface area contributed by atoms with E-state index in [9.17, 15) is 0 Å². The smallest absolute Gasteiger partial charge is 0.226 e. The molecule has 0 saturated carbocycles. The zero-order valence-corrected chi connectivity index (χ0v) is 20.2. The molecule has 1 aliphatic heterocycles. The Labute approximate surface area is 198 Å². The molecular formula is C24H26N6S2. The summed E-state index contributed by atoms with van der Waals surface area (Å²) in [6.45, 7) is 5.40. The largest absolute Gasteiger partial charge is 0.338 e. The standard InChI is InChI=1S/C24H26N6S2/c1-18-16-20(17-25)27-24(26-18)29-12-14-30(15-13-29)32-21-10-8-19(9-11-21)22-6-4-5-7-23(22)28(2)31-3/h4-11,16H,12-15H2,1-3H3. The molecule has 0 amide bonds. The van der Waals surface area contributed by atoms with Crippen molar-refractivity contribution in [3.8, 4) is 17.2 Å². The highest BCUT2D eigenvalue weighted by molar-refractivity contribution is 7.99. The molecule has 0 unspecified atom stereocenters. The van der Waals surface area contributed by atoms with E-state index in [1.165, 1.54) is 21.7 Å². The molecule has 1 fully saturated rings. The fourth-order valence-electron chi connectivity index (χ4n) is 3.67. The third-order valence-corrected chi connectivity index (χ3v) is 7.25. The van der Waals surface area contributed by atoms with Gasteiger partial charge in [0.25, 0.3) is 0 Å². The first-order valence-electron chi connectivity index (χ1n) is 10.5. The maximum absolute atomic E-state index is 9.16. The van der Waals surface area contributed by atoms with E-state index in [0.29, 0.717) is 11.6 Å². The summed E-state index contributed by atoms with van der Waals surface area (Å²) >= 11 is 3.50. The third-order valence-electron chi connectivity index (χ3n) is 5.40. The first-order chi connectivity index (χ1) is 15.6. The molecule has 3 aromatic rings. The lowest BCUT2D eigenvalue weighted by molar-refractivity contribution is 0.426. The average Bonchev–Trinajstić information content (AvgIpc) is 2.84. The Morgan fingerprint density at radius 3 is 2.41 bits per heavy atom. The van der Waals surface area contributed by atoms with Crippen LogP contribution in [0.4, 0.5) is 11.6 Å². The van der Waals surface area contributed by atoms with Gasteiger partial charge < -0.3 is 9.21 Å². The van der Waals surface area contributed by atoms with E-state index in [1.807, 2.05) is 6.92 Å². The molecule has 0 atom stereocenters. The van der Waals surface area contributed by atoms with E-state index in [4.69, 9.17) is 5.26 Å². The summed E-state index contributed by atoms with van der Waals surface area (Å²) in [7, 11) is 2.09. The fourth-order valence-corrected chi connectivity index (χ4v) is 4.92. The van der Waals surface area contributed by atoms with Gasteiger partial charge in [0, 0.05) is 55.6 Å². The summed E-state index contributed by atoms with van der Waals surface area (Å²) in [4.78, 5) is 12.3. The molecule has 0 bridgehead atoms. The molecule has 0 N–H and O–H groups in total. The molecule has 8 heteroatoms. The number of rotatable bonds is 6. The lowest BCUT2D eigenvalue weighted by Crippen LogP contribution is -2.44. The Bertz CT molecular complexity index is 1100. The van der Waals surface area contributed by atoms with Crippen LogP contribution in [0.5, 0.6) is 0 Å². The van der Waals surface area contributed by atoms with Crippen molar-refractivity contribution in [1.82, 2.24) is 14.3 Å². The predicted molar refractivity (Wildman–Crippen MR) is 135 cm³/mol. The van der Waals surface area contributed by atoms with Crippen LogP contribution in [0.15, 0.2) is 59.5 Å². The molecule has 2 heterocycles. The van der Waals surface area contributed by atoms with Gasteiger partial charge in [-0.25, -0.2) is 14.3 Å². The molecule has 4 rings (SSSR count). The van der Waals surface area contributed by atoms with E-state index >= 15 is 0 Å². The Hall–Kier alpha value is -2.73. The van der Waals surface area contributed by atoms with Crippen molar-refractivity contribution in [2.75, 3.05) is 48.7 Å². The summed E-state index contributed by atoms with van der Waals surface area (Å²) in [6, 6.07) is 21.2. The number of aryl methyl sites for hydroxylation is 1. The summed E-state index contributed by atoms with van der Waals surface area (Å²) in [5.74, 6) is 0.657. The minimum Gasteiger partial charge on any atom is -0.338 e. The first kappa shape index (κ1) is 22.5. The molecule has 0 radical (unpaired) electrons. The van der Waals surface area contributed by atoms with Gasteiger partial charge in [-0.15, -0.1) is 0 Å². The van der Waals surface area contributed by atoms with Crippen molar-refractivity contribution in [3.05, 3.63) is 66.0 Å². The van der Waals surface area contributed by atoms with Gasteiger partial charge in [-0.05, 0) is 48.7 Å². The van der Waals surface area contributed by atoms with Crippen LogP contribution >= 0.6 is 23.9 Å². The number of hydrogen-bond donors (Lipinski definition) is 0. The van der Waals surface area contributed by atoms with Crippen LogP contribution in [0, 0.1) is 18.3 Å². The van der Waals surface area contributed by atoms with E-state index in [2.05, 4.69) is 91.4 Å². The van der Waals surface area contributed by atoms with Crippen LogP contribution in [0.2, 0.25) is 0 Å². The normalized spacial score (nSPS) is 14.2. The molecular weight excluding hydrogens is 436 g/mol. The second kappa shape index (κ2) is 10.3. The second-order valence-corrected chi connectivity index (χ2v) is 9.62. The number of benzene rings is 2. The molecule has 1 aliphatic rings. The van der Waals surface area contributed by atoms with E-state index in [0.717, 1.165) is 31.9 Å². The van der Waals surface area contributed by atoms with Crippen LogP contribution in [-0.4, -0.2) is 53.8 Å². The van der Waals surface area contributed by atoms with Crippen molar-refractivity contribution in [3.63, 3.8) is 0 Å². The number of aromatic nitrogens is 2. The fraction of sp³-hybridized carbons (Fsp3) is 0.292. The number of nitriles is 1. The van der Waals surface area contributed by atoms with Gasteiger partial charge in [0.15, 0.2) is 0 Å². The Morgan fingerprint density at radius 1 is 1.00 bits per heavy atom. The molecule has 6 nitrogen and oxygen atoms in total. The highest BCUT2D eigenvalue weighted by Crippen LogP contribution is 2.34. The Morgan fingerprint density at radius 2 is 1.72 bits per heavy atom. The zero-order chi connectivity index (χ0) is 22.5. The molecule has 164 valence electrons. The molecule has 1 aromatic heterocycles. The van der Waals surface area contributed by atoms with Crippen molar-refractivity contribution < 1.29 is 0 Å². The van der Waals surface area contributed by atoms with E-state index in [1.54, 1.807) is 30.0 Å². The SMILES string of the molecule is CSN(C)c1ccccc1-c1ccc(SN2CCN(c3nc(C)cc(C#N)n3)CC2)cc1. The number of para-hydroxylation sites is 1. The average molecular weight is 463 g/mol. The van der Waals surface area contributed by atoms with Crippen molar-refractivity contribution in [2.45, 2.75) is 11.8 Å². The second-order valence-electron chi connectivity index (χ2n) is 7.54. The van der Waals surface area contributed by atoms with Gasteiger partial charge in [-0.2, -0.15) is 5.26 Å². The van der Waals surface area contributed by atoms with Crippen LogP contribution in [0.3, 0.4) is 0 Å². The number of piperazine rings is 1. The zero-order valence-electron chi connectivity index (χ0n) is 18.5. The minimum absolute atomic E-state index is 0.426. The maximum Gasteiger partial charge on any atom is 0.226 e. The summed E-state index contributed by atoms with van der Waals surface area (Å²) < 4.78 is 4.57. The van der Waals surface area contributed by atoms with Crippen molar-refractivity contribution in [2.24, 2.45) is 0 Å². The van der Waals surface area contributed by atoms with Gasteiger partial charge >= 0.3 is 0 Å². The van der Waals surface area contributed by atoms with Crippen LogP contribution in [-0.2, 0) is 0 Å². The first-order valence-corrected chi connectivity index (χ1v) is 12.4. The lowest BCUT2D eigenvalue weighted by atomic mass is 10.0. The lowest BCUT2D eigenvalue weighted by Gasteiger charge is -2.34. The summed E-state index contributed by atoms with van der Waals surface area (Å²) in [5.41, 5.74) is 4.93. The molecule has 0 spiro atoms. The van der Waals surface area contributed by atoms with Crippen molar-refractivity contribution >= 4 is 35.5 Å². The predicted octanol–water partition coefficient (Wildman–Crippen LogP) is 4.87. The molecule has 32 heavy (non-hydrogen) atoms. The Kier molecular flexibility index (Phi) is 7.20. The number of hydrogen-bond acceptors (Lipinski definition) is 8. The third kappa shape index (κ3) is 5.18. The molecule has 0 aliphatic carbocycles. The van der Waals surface area contributed by atoms with Gasteiger partial charge in [0.1, 0.15) is 11.8 Å². The number of nitrogens with zero attached hydrogens (tertiary/aromatic N) is 6. The molecule has 1 saturated heterocycles. The van der Waals surface area contributed by atoms with Crippen LogP contribution in [0.25, 0.3) is 11.1 Å². The van der Waals surface area contributed by atoms with Gasteiger partial charge in [0.05, 0.1) is 5.69 Å². The number of anilines is 2. The van der Waals surface area contributed by atoms with Gasteiger partial charge in [0.2, 0.25) is 5.95 Å². The monoisotopic (exact) mass is 462 g/mol. The summed E-state index contributed by atoms with van der Waals surface area (Å²) in [6.07, 6.45) is 2.09. The minimum atomic E-state index is 0.426. The Balaban J connectivity index is 1.39. The van der Waals surface area contributed by atoms with Crippen LogP contribution < -0.4 is 9.21 Å². The quantitative estimate of drug-likeness (QED) is 0.481. The van der Waals surface area contributed by atoms with Crippen molar-refractivity contribution in [1.29, 1.82) is 5.26 Å².